The number of hydrogen-bond acceptors (Lipinski definition) is 6. The maximum absolute atomic E-state index is 12.5. The van der Waals surface area contributed by atoms with Crippen LogP contribution in [0, 0.1) is 0 Å². The highest BCUT2D eigenvalue weighted by Gasteiger charge is 2.19. The maximum Gasteiger partial charge on any atom is 0.237 e. The SMILES string of the molecule is CC(=O)Nc1ccc(NC(=O)[C@@H](C)Sc2nnc(-c3ccncc3)n2C)cc1. The summed E-state index contributed by atoms with van der Waals surface area (Å²) in [6, 6.07) is 10.7. The van der Waals surface area contributed by atoms with Gasteiger partial charge in [0.2, 0.25) is 11.8 Å². The van der Waals surface area contributed by atoms with Crippen LogP contribution in [-0.2, 0) is 16.6 Å². The van der Waals surface area contributed by atoms with Crippen LogP contribution < -0.4 is 10.6 Å². The molecule has 0 spiro atoms. The third-order valence-corrected chi connectivity index (χ3v) is 5.03. The Morgan fingerprint density at radius 2 is 1.61 bits per heavy atom. The first-order valence-corrected chi connectivity index (χ1v) is 9.47. The summed E-state index contributed by atoms with van der Waals surface area (Å²) in [6.07, 6.45) is 3.40. The van der Waals surface area contributed by atoms with Gasteiger partial charge in [-0.1, -0.05) is 11.8 Å². The normalized spacial score (nSPS) is 11.7. The highest BCUT2D eigenvalue weighted by molar-refractivity contribution is 8.00. The minimum absolute atomic E-state index is 0.142. The standard InChI is InChI=1S/C19H20N6O2S/c1-12(18(27)22-16-6-4-15(5-7-16)21-13(2)26)28-19-24-23-17(25(19)3)14-8-10-20-11-9-14/h4-12H,1-3H3,(H,21,26)(H,22,27)/t12-/m1/s1. The van der Waals surface area contributed by atoms with Crippen LogP contribution in [-0.4, -0.2) is 36.8 Å². The highest BCUT2D eigenvalue weighted by Crippen LogP contribution is 2.26. The summed E-state index contributed by atoms with van der Waals surface area (Å²) in [5, 5.41) is 14.2. The molecular weight excluding hydrogens is 376 g/mol. The van der Waals surface area contributed by atoms with E-state index in [0.717, 1.165) is 5.56 Å². The van der Waals surface area contributed by atoms with Crippen LogP contribution in [0.3, 0.4) is 0 Å². The molecule has 0 radical (unpaired) electrons. The van der Waals surface area contributed by atoms with E-state index in [1.165, 1.54) is 18.7 Å². The smallest absolute Gasteiger partial charge is 0.237 e. The molecule has 9 heteroatoms. The summed E-state index contributed by atoms with van der Waals surface area (Å²) in [6.45, 7) is 3.26. The number of thioether (sulfide) groups is 1. The number of nitrogens with one attached hydrogen (secondary N) is 2. The second-order valence-electron chi connectivity index (χ2n) is 6.11. The Morgan fingerprint density at radius 3 is 2.21 bits per heavy atom. The predicted molar refractivity (Wildman–Crippen MR) is 109 cm³/mol. The topological polar surface area (TPSA) is 102 Å². The quantitative estimate of drug-likeness (QED) is 0.621. The molecule has 0 fully saturated rings. The second-order valence-corrected chi connectivity index (χ2v) is 7.42. The van der Waals surface area contributed by atoms with E-state index in [-0.39, 0.29) is 17.1 Å². The number of hydrogen-bond donors (Lipinski definition) is 2. The van der Waals surface area contributed by atoms with E-state index in [0.29, 0.717) is 22.4 Å². The van der Waals surface area contributed by atoms with Gasteiger partial charge in [-0.3, -0.25) is 14.6 Å². The van der Waals surface area contributed by atoms with Gasteiger partial charge in [-0.2, -0.15) is 0 Å². The van der Waals surface area contributed by atoms with Crippen LogP contribution in [0.4, 0.5) is 11.4 Å². The van der Waals surface area contributed by atoms with Crippen LogP contribution in [0.2, 0.25) is 0 Å². The molecule has 2 aromatic heterocycles. The summed E-state index contributed by atoms with van der Waals surface area (Å²) in [5.74, 6) is 0.424. The van der Waals surface area contributed by atoms with E-state index in [9.17, 15) is 9.59 Å². The van der Waals surface area contributed by atoms with Crippen LogP contribution >= 0.6 is 11.8 Å². The predicted octanol–water partition coefficient (Wildman–Crippen LogP) is 2.95. The molecule has 28 heavy (non-hydrogen) atoms. The fraction of sp³-hybridized carbons (Fsp3) is 0.211. The maximum atomic E-state index is 12.5. The van der Waals surface area contributed by atoms with Crippen LogP contribution in [0.1, 0.15) is 13.8 Å². The Bertz CT molecular complexity index is 972. The van der Waals surface area contributed by atoms with Crippen molar-refractivity contribution in [1.29, 1.82) is 0 Å². The fourth-order valence-corrected chi connectivity index (χ4v) is 3.28. The Labute approximate surface area is 166 Å². The summed E-state index contributed by atoms with van der Waals surface area (Å²) in [4.78, 5) is 27.6. The summed E-state index contributed by atoms with van der Waals surface area (Å²) in [7, 11) is 1.86. The lowest BCUT2D eigenvalue weighted by Crippen LogP contribution is -2.22. The molecular formula is C19H20N6O2S. The number of anilines is 2. The third-order valence-electron chi connectivity index (χ3n) is 3.90. The molecule has 2 N–H and O–H groups in total. The molecule has 0 bridgehead atoms. The van der Waals surface area contributed by atoms with Gasteiger partial charge in [0.25, 0.3) is 0 Å². The van der Waals surface area contributed by atoms with E-state index in [1.807, 2.05) is 30.7 Å². The molecule has 1 aromatic carbocycles. The Balaban J connectivity index is 1.63. The van der Waals surface area contributed by atoms with Crippen molar-refractivity contribution in [3.05, 3.63) is 48.8 Å². The molecule has 0 aliphatic carbocycles. The first-order chi connectivity index (χ1) is 13.4. The Hall–Kier alpha value is -3.20. The van der Waals surface area contributed by atoms with Crippen molar-refractivity contribution in [2.45, 2.75) is 24.3 Å². The number of nitrogens with zero attached hydrogens (tertiary/aromatic N) is 4. The summed E-state index contributed by atoms with van der Waals surface area (Å²) in [5.41, 5.74) is 2.24. The fourth-order valence-electron chi connectivity index (χ4n) is 2.47. The number of benzene rings is 1. The Kier molecular flexibility index (Phi) is 6.05. The number of carbonyl (C=O) groups is 2. The molecule has 144 valence electrons. The van der Waals surface area contributed by atoms with Gasteiger partial charge in [0.05, 0.1) is 5.25 Å². The van der Waals surface area contributed by atoms with Crippen LogP contribution in [0.15, 0.2) is 53.9 Å². The molecule has 3 aromatic rings. The average molecular weight is 396 g/mol. The Morgan fingerprint density at radius 1 is 1.00 bits per heavy atom. The van der Waals surface area contributed by atoms with E-state index in [1.54, 1.807) is 36.7 Å². The zero-order chi connectivity index (χ0) is 20.1. The molecule has 8 nitrogen and oxygen atoms in total. The molecule has 0 unspecified atom stereocenters. The largest absolute Gasteiger partial charge is 0.326 e. The summed E-state index contributed by atoms with van der Waals surface area (Å²) >= 11 is 1.33. The molecule has 0 saturated carbocycles. The molecule has 0 saturated heterocycles. The van der Waals surface area contributed by atoms with E-state index in [2.05, 4.69) is 25.8 Å². The lowest BCUT2D eigenvalue weighted by Gasteiger charge is -2.12. The van der Waals surface area contributed by atoms with Gasteiger partial charge in [0.15, 0.2) is 11.0 Å². The number of pyridine rings is 1. The van der Waals surface area contributed by atoms with Crippen LogP contribution in [0.25, 0.3) is 11.4 Å². The van der Waals surface area contributed by atoms with Crippen molar-refractivity contribution in [3.63, 3.8) is 0 Å². The minimum Gasteiger partial charge on any atom is -0.326 e. The molecule has 0 aliphatic rings. The van der Waals surface area contributed by atoms with Gasteiger partial charge >= 0.3 is 0 Å². The van der Waals surface area contributed by atoms with Crippen molar-refractivity contribution >= 4 is 35.0 Å². The van der Waals surface area contributed by atoms with Crippen molar-refractivity contribution in [2.24, 2.45) is 7.05 Å². The van der Waals surface area contributed by atoms with E-state index in [4.69, 9.17) is 0 Å². The van der Waals surface area contributed by atoms with Gasteiger partial charge < -0.3 is 15.2 Å². The molecule has 3 rings (SSSR count). The first kappa shape index (κ1) is 19.6. The molecule has 0 aliphatic heterocycles. The molecule has 2 heterocycles. The van der Waals surface area contributed by atoms with Crippen LogP contribution in [0.5, 0.6) is 0 Å². The van der Waals surface area contributed by atoms with Gasteiger partial charge in [-0.05, 0) is 43.3 Å². The lowest BCUT2D eigenvalue weighted by atomic mass is 10.2. The van der Waals surface area contributed by atoms with E-state index >= 15 is 0 Å². The monoisotopic (exact) mass is 396 g/mol. The van der Waals surface area contributed by atoms with Gasteiger partial charge in [0.1, 0.15) is 0 Å². The van der Waals surface area contributed by atoms with Gasteiger partial charge in [0, 0.05) is 43.3 Å². The first-order valence-electron chi connectivity index (χ1n) is 8.59. The zero-order valence-corrected chi connectivity index (χ0v) is 16.5. The van der Waals surface area contributed by atoms with Gasteiger partial charge in [-0.25, -0.2) is 0 Å². The lowest BCUT2D eigenvalue weighted by molar-refractivity contribution is -0.115. The van der Waals surface area contributed by atoms with Gasteiger partial charge in [-0.15, -0.1) is 10.2 Å². The summed E-state index contributed by atoms with van der Waals surface area (Å²) < 4.78 is 1.85. The van der Waals surface area contributed by atoms with Crippen molar-refractivity contribution in [3.8, 4) is 11.4 Å². The molecule has 2 amide bonds. The van der Waals surface area contributed by atoms with E-state index < -0.39 is 0 Å². The second kappa shape index (κ2) is 8.66. The number of aromatic nitrogens is 4. The van der Waals surface area contributed by atoms with Crippen molar-refractivity contribution < 1.29 is 9.59 Å². The number of rotatable bonds is 6. The molecule has 1 atom stereocenters. The average Bonchev–Trinajstić information content (AvgIpc) is 3.04. The highest BCUT2D eigenvalue weighted by atomic mass is 32.2. The van der Waals surface area contributed by atoms with Crippen molar-refractivity contribution in [2.75, 3.05) is 10.6 Å². The third kappa shape index (κ3) is 4.74. The number of carbonyl (C=O) groups excluding carboxylic acids is 2. The van der Waals surface area contributed by atoms with Crippen molar-refractivity contribution in [1.82, 2.24) is 19.7 Å². The zero-order valence-electron chi connectivity index (χ0n) is 15.7. The number of amides is 2. The minimum atomic E-state index is -0.372.